The summed E-state index contributed by atoms with van der Waals surface area (Å²) in [6, 6.07) is 14.7. The summed E-state index contributed by atoms with van der Waals surface area (Å²) in [7, 11) is 0. The second kappa shape index (κ2) is 6.02. The second-order valence-electron chi connectivity index (χ2n) is 5.60. The summed E-state index contributed by atoms with van der Waals surface area (Å²) in [4.78, 5) is 24.4. The van der Waals surface area contributed by atoms with Crippen molar-refractivity contribution in [3.8, 4) is 0 Å². The average Bonchev–Trinajstić information content (AvgIpc) is 3.33. The molecular formula is C18H18N2O2. The third kappa shape index (κ3) is 3.34. The van der Waals surface area contributed by atoms with Gasteiger partial charge in [-0.1, -0.05) is 24.3 Å². The lowest BCUT2D eigenvalue weighted by molar-refractivity contribution is 0.0951. The van der Waals surface area contributed by atoms with Crippen LogP contribution in [0.2, 0.25) is 0 Å². The van der Waals surface area contributed by atoms with Crippen LogP contribution in [0.15, 0.2) is 48.5 Å². The van der Waals surface area contributed by atoms with Crippen molar-refractivity contribution in [2.24, 2.45) is 0 Å². The lowest BCUT2D eigenvalue weighted by atomic mass is 10.1. The van der Waals surface area contributed by atoms with Crippen molar-refractivity contribution < 1.29 is 9.59 Å². The van der Waals surface area contributed by atoms with Crippen molar-refractivity contribution in [1.29, 1.82) is 0 Å². The molecule has 4 nitrogen and oxygen atoms in total. The molecule has 1 aliphatic carbocycles. The molecule has 0 bridgehead atoms. The topological polar surface area (TPSA) is 58.2 Å². The minimum atomic E-state index is -0.213. The minimum Gasteiger partial charge on any atom is -0.349 e. The van der Waals surface area contributed by atoms with E-state index in [0.29, 0.717) is 17.2 Å². The summed E-state index contributed by atoms with van der Waals surface area (Å²) < 4.78 is 0. The van der Waals surface area contributed by atoms with Gasteiger partial charge in [-0.05, 0) is 49.6 Å². The van der Waals surface area contributed by atoms with E-state index in [1.807, 2.05) is 31.2 Å². The van der Waals surface area contributed by atoms with Crippen LogP contribution in [-0.2, 0) is 0 Å². The van der Waals surface area contributed by atoms with E-state index < -0.39 is 0 Å². The maximum absolute atomic E-state index is 12.3. The number of hydrogen-bond donors (Lipinski definition) is 2. The van der Waals surface area contributed by atoms with E-state index in [4.69, 9.17) is 0 Å². The Bertz CT molecular complexity index is 721. The molecule has 0 heterocycles. The number of rotatable bonds is 4. The first-order valence-electron chi connectivity index (χ1n) is 7.41. The van der Waals surface area contributed by atoms with Gasteiger partial charge >= 0.3 is 0 Å². The van der Waals surface area contributed by atoms with Crippen molar-refractivity contribution in [3.05, 3.63) is 65.2 Å². The van der Waals surface area contributed by atoms with Gasteiger partial charge in [0.1, 0.15) is 0 Å². The Balaban J connectivity index is 1.75. The summed E-state index contributed by atoms with van der Waals surface area (Å²) in [5.74, 6) is -0.330. The van der Waals surface area contributed by atoms with E-state index in [9.17, 15) is 9.59 Å². The van der Waals surface area contributed by atoms with Crippen LogP contribution in [0.1, 0.15) is 39.1 Å². The molecule has 3 rings (SSSR count). The van der Waals surface area contributed by atoms with E-state index >= 15 is 0 Å². The number of carbonyl (C=O) groups excluding carboxylic acids is 2. The Morgan fingerprint density at radius 3 is 2.32 bits per heavy atom. The molecule has 0 saturated heterocycles. The monoisotopic (exact) mass is 294 g/mol. The summed E-state index contributed by atoms with van der Waals surface area (Å²) >= 11 is 0. The number of carbonyl (C=O) groups is 2. The quantitative estimate of drug-likeness (QED) is 0.910. The average molecular weight is 294 g/mol. The van der Waals surface area contributed by atoms with Crippen LogP contribution in [0.5, 0.6) is 0 Å². The highest BCUT2D eigenvalue weighted by atomic mass is 16.2. The highest BCUT2D eigenvalue weighted by Gasteiger charge is 2.24. The van der Waals surface area contributed by atoms with Gasteiger partial charge < -0.3 is 10.6 Å². The zero-order valence-corrected chi connectivity index (χ0v) is 12.4. The zero-order chi connectivity index (χ0) is 15.5. The van der Waals surface area contributed by atoms with Gasteiger partial charge in [0.05, 0.1) is 0 Å². The molecule has 2 N–H and O–H groups in total. The van der Waals surface area contributed by atoms with Gasteiger partial charge in [-0.25, -0.2) is 0 Å². The molecule has 0 atom stereocenters. The van der Waals surface area contributed by atoms with E-state index in [-0.39, 0.29) is 11.8 Å². The third-order valence-electron chi connectivity index (χ3n) is 3.69. The van der Waals surface area contributed by atoms with Gasteiger partial charge in [0.2, 0.25) is 0 Å². The van der Waals surface area contributed by atoms with Crippen LogP contribution in [0.3, 0.4) is 0 Å². The van der Waals surface area contributed by atoms with Gasteiger partial charge in [0.15, 0.2) is 0 Å². The predicted molar refractivity (Wildman–Crippen MR) is 86.1 cm³/mol. The molecule has 0 radical (unpaired) electrons. The standard InChI is InChI=1S/C18H18N2O2/c1-12-5-2-3-8-16(12)20-18(22)14-7-4-6-13(11-14)17(21)19-15-9-10-15/h2-8,11,15H,9-10H2,1H3,(H,19,21)(H,20,22). The summed E-state index contributed by atoms with van der Waals surface area (Å²) in [5, 5.41) is 5.80. The second-order valence-corrected chi connectivity index (χ2v) is 5.60. The first-order valence-corrected chi connectivity index (χ1v) is 7.41. The molecule has 0 spiro atoms. The van der Waals surface area contributed by atoms with E-state index in [2.05, 4.69) is 10.6 Å². The number of benzene rings is 2. The van der Waals surface area contributed by atoms with Gasteiger partial charge in [0, 0.05) is 22.9 Å². The zero-order valence-electron chi connectivity index (χ0n) is 12.4. The van der Waals surface area contributed by atoms with Crippen LogP contribution in [0.25, 0.3) is 0 Å². The smallest absolute Gasteiger partial charge is 0.255 e. The van der Waals surface area contributed by atoms with Crippen molar-refractivity contribution >= 4 is 17.5 Å². The fourth-order valence-electron chi connectivity index (χ4n) is 2.21. The number of para-hydroxylation sites is 1. The normalized spacial score (nSPS) is 13.5. The number of hydrogen-bond acceptors (Lipinski definition) is 2. The minimum absolute atomic E-state index is 0.118. The molecule has 22 heavy (non-hydrogen) atoms. The Morgan fingerprint density at radius 2 is 1.64 bits per heavy atom. The molecule has 4 heteroatoms. The Labute approximate surface area is 129 Å². The number of amides is 2. The van der Waals surface area contributed by atoms with Gasteiger partial charge in [-0.15, -0.1) is 0 Å². The Morgan fingerprint density at radius 1 is 0.955 bits per heavy atom. The molecule has 2 aromatic rings. The van der Waals surface area contributed by atoms with Crippen molar-refractivity contribution in [1.82, 2.24) is 5.32 Å². The molecule has 0 aromatic heterocycles. The maximum Gasteiger partial charge on any atom is 0.255 e. The van der Waals surface area contributed by atoms with Crippen LogP contribution < -0.4 is 10.6 Å². The number of anilines is 1. The fraction of sp³-hybridized carbons (Fsp3) is 0.222. The Hall–Kier alpha value is -2.62. The van der Waals surface area contributed by atoms with Gasteiger partial charge in [-0.3, -0.25) is 9.59 Å². The lowest BCUT2D eigenvalue weighted by Gasteiger charge is -2.09. The molecule has 112 valence electrons. The van der Waals surface area contributed by atoms with Crippen LogP contribution in [0, 0.1) is 6.92 Å². The SMILES string of the molecule is Cc1ccccc1NC(=O)c1cccc(C(=O)NC2CC2)c1. The van der Waals surface area contributed by atoms with E-state index in [1.54, 1.807) is 24.3 Å². The predicted octanol–water partition coefficient (Wildman–Crippen LogP) is 3.14. The lowest BCUT2D eigenvalue weighted by Crippen LogP contribution is -2.25. The Kier molecular flexibility index (Phi) is 3.92. The summed E-state index contributed by atoms with van der Waals surface area (Å²) in [5.41, 5.74) is 2.77. The van der Waals surface area contributed by atoms with Crippen LogP contribution in [0.4, 0.5) is 5.69 Å². The highest BCUT2D eigenvalue weighted by molar-refractivity contribution is 6.06. The molecule has 0 unspecified atom stereocenters. The van der Waals surface area contributed by atoms with Gasteiger partial charge in [-0.2, -0.15) is 0 Å². The highest BCUT2D eigenvalue weighted by Crippen LogP contribution is 2.20. The van der Waals surface area contributed by atoms with Crippen molar-refractivity contribution in [2.45, 2.75) is 25.8 Å². The number of nitrogens with one attached hydrogen (secondary N) is 2. The summed E-state index contributed by atoms with van der Waals surface area (Å²) in [6.45, 7) is 1.94. The van der Waals surface area contributed by atoms with E-state index in [0.717, 1.165) is 24.1 Å². The molecule has 1 saturated carbocycles. The largest absolute Gasteiger partial charge is 0.349 e. The molecule has 0 aliphatic heterocycles. The molecule has 1 fully saturated rings. The van der Waals surface area contributed by atoms with Crippen LogP contribution in [-0.4, -0.2) is 17.9 Å². The third-order valence-corrected chi connectivity index (χ3v) is 3.69. The fourth-order valence-corrected chi connectivity index (χ4v) is 2.21. The molecular weight excluding hydrogens is 276 g/mol. The first kappa shape index (κ1) is 14.3. The maximum atomic E-state index is 12.3. The van der Waals surface area contributed by atoms with Crippen LogP contribution >= 0.6 is 0 Å². The first-order chi connectivity index (χ1) is 10.6. The number of aryl methyl sites for hydroxylation is 1. The molecule has 2 amide bonds. The van der Waals surface area contributed by atoms with Gasteiger partial charge in [0.25, 0.3) is 11.8 Å². The molecule has 1 aliphatic rings. The summed E-state index contributed by atoms with van der Waals surface area (Å²) in [6.07, 6.45) is 2.08. The van der Waals surface area contributed by atoms with Crippen molar-refractivity contribution in [2.75, 3.05) is 5.32 Å². The molecule has 2 aromatic carbocycles. The van der Waals surface area contributed by atoms with E-state index in [1.165, 1.54) is 0 Å². The van der Waals surface area contributed by atoms with Crippen molar-refractivity contribution in [3.63, 3.8) is 0 Å².